The molecule has 0 bridgehead atoms. The summed E-state index contributed by atoms with van der Waals surface area (Å²) in [5.74, 6) is 0.741. The molecule has 2 aromatic rings. The van der Waals surface area contributed by atoms with Crippen LogP contribution in [0, 0.1) is 5.41 Å². The Morgan fingerprint density at radius 1 is 1.41 bits per heavy atom. The number of imidazole rings is 1. The maximum Gasteiger partial charge on any atom is 0.227 e. The smallest absolute Gasteiger partial charge is 0.227 e. The minimum atomic E-state index is 0.0316. The summed E-state index contributed by atoms with van der Waals surface area (Å²) in [4.78, 5) is 15.6. The van der Waals surface area contributed by atoms with Crippen molar-refractivity contribution >= 4 is 17.1 Å². The Morgan fingerprint density at radius 2 is 2.32 bits per heavy atom. The molecule has 2 aromatic heterocycles. The molecule has 2 fully saturated rings. The second kappa shape index (κ2) is 5.17. The van der Waals surface area contributed by atoms with Crippen molar-refractivity contribution in [1.29, 1.82) is 0 Å². The van der Waals surface area contributed by atoms with Crippen LogP contribution in [0.1, 0.15) is 19.3 Å². The number of aromatic nitrogens is 4. The first-order valence-electron chi connectivity index (χ1n) is 7.95. The van der Waals surface area contributed by atoms with Gasteiger partial charge < -0.3 is 19.9 Å². The molecule has 0 saturated carbocycles. The van der Waals surface area contributed by atoms with Crippen LogP contribution in [0.25, 0.3) is 11.2 Å². The van der Waals surface area contributed by atoms with E-state index in [1.807, 2.05) is 17.8 Å². The van der Waals surface area contributed by atoms with Gasteiger partial charge >= 0.3 is 0 Å². The van der Waals surface area contributed by atoms with Gasteiger partial charge in [0.1, 0.15) is 5.52 Å². The lowest BCUT2D eigenvalue weighted by atomic mass is 9.70. The molecule has 4 rings (SSSR count). The minimum absolute atomic E-state index is 0.0316. The first-order chi connectivity index (χ1) is 10.7. The molecule has 0 radical (unpaired) electrons. The van der Waals surface area contributed by atoms with Gasteiger partial charge in [-0.3, -0.25) is 0 Å². The fraction of sp³-hybridized carbons (Fsp3) is 0.667. The average Bonchev–Trinajstić information content (AvgIpc) is 2.95. The van der Waals surface area contributed by atoms with Crippen LogP contribution in [-0.2, 0) is 7.05 Å². The molecule has 0 spiro atoms. The van der Waals surface area contributed by atoms with Crippen molar-refractivity contribution in [3.8, 4) is 0 Å². The van der Waals surface area contributed by atoms with E-state index < -0.39 is 0 Å². The minimum Gasteiger partial charge on any atom is -0.396 e. The molecular formula is C15H22N6O. The fourth-order valence-corrected chi connectivity index (χ4v) is 3.84. The number of piperidine rings is 2. The Labute approximate surface area is 129 Å². The van der Waals surface area contributed by atoms with Crippen LogP contribution >= 0.6 is 0 Å². The Balaban J connectivity index is 1.60. The number of anilines is 1. The molecular weight excluding hydrogens is 280 g/mol. The van der Waals surface area contributed by atoms with Gasteiger partial charge in [-0.15, -0.1) is 0 Å². The number of aliphatic hydroxyl groups is 1. The van der Waals surface area contributed by atoms with Crippen LogP contribution < -0.4 is 10.2 Å². The number of aliphatic hydroxyl groups excluding tert-OH is 1. The SMILES string of the molecule is Cn1cnc2nc(N3CC[C@@]4(CO)CCCN[C@@H]4C3)ncc21. The molecule has 7 nitrogen and oxygen atoms in total. The fourth-order valence-electron chi connectivity index (χ4n) is 3.84. The van der Waals surface area contributed by atoms with Crippen molar-refractivity contribution in [2.24, 2.45) is 12.5 Å². The normalized spacial score (nSPS) is 28.8. The molecule has 0 aromatic carbocycles. The molecule has 0 amide bonds. The van der Waals surface area contributed by atoms with Crippen LogP contribution in [-0.4, -0.2) is 56.9 Å². The van der Waals surface area contributed by atoms with Gasteiger partial charge in [0.15, 0.2) is 5.65 Å². The summed E-state index contributed by atoms with van der Waals surface area (Å²) in [6.45, 7) is 3.02. The molecule has 2 atom stereocenters. The van der Waals surface area contributed by atoms with Gasteiger partial charge in [0.2, 0.25) is 5.95 Å². The third-order valence-corrected chi connectivity index (χ3v) is 5.33. The number of hydrogen-bond acceptors (Lipinski definition) is 6. The van der Waals surface area contributed by atoms with Gasteiger partial charge in [-0.2, -0.15) is 4.98 Å². The number of nitrogens with one attached hydrogen (secondary N) is 1. The van der Waals surface area contributed by atoms with Crippen molar-refractivity contribution in [2.45, 2.75) is 25.3 Å². The third kappa shape index (κ3) is 2.07. The van der Waals surface area contributed by atoms with Crippen molar-refractivity contribution in [2.75, 3.05) is 31.1 Å². The first-order valence-corrected chi connectivity index (χ1v) is 7.95. The van der Waals surface area contributed by atoms with Crippen molar-refractivity contribution < 1.29 is 5.11 Å². The Hall–Kier alpha value is -1.73. The molecule has 2 saturated heterocycles. The molecule has 118 valence electrons. The summed E-state index contributed by atoms with van der Waals surface area (Å²) >= 11 is 0. The lowest BCUT2D eigenvalue weighted by Crippen LogP contribution is -2.61. The summed E-state index contributed by atoms with van der Waals surface area (Å²) in [6.07, 6.45) is 6.83. The summed E-state index contributed by atoms with van der Waals surface area (Å²) < 4.78 is 1.93. The summed E-state index contributed by atoms with van der Waals surface area (Å²) in [6, 6.07) is 0.308. The molecule has 22 heavy (non-hydrogen) atoms. The van der Waals surface area contributed by atoms with E-state index in [2.05, 4.69) is 25.2 Å². The molecule has 0 unspecified atom stereocenters. The van der Waals surface area contributed by atoms with Crippen LogP contribution in [0.4, 0.5) is 5.95 Å². The van der Waals surface area contributed by atoms with Crippen LogP contribution in [0.3, 0.4) is 0 Å². The quantitative estimate of drug-likeness (QED) is 0.831. The molecule has 7 heteroatoms. The van der Waals surface area contributed by atoms with Gasteiger partial charge in [0.05, 0.1) is 19.1 Å². The van der Waals surface area contributed by atoms with E-state index in [4.69, 9.17) is 0 Å². The summed E-state index contributed by atoms with van der Waals surface area (Å²) in [5.41, 5.74) is 1.72. The Bertz CT molecular complexity index is 686. The van der Waals surface area contributed by atoms with Gasteiger partial charge in [-0.25, -0.2) is 9.97 Å². The first kappa shape index (κ1) is 13.9. The topological polar surface area (TPSA) is 79.1 Å². The van der Waals surface area contributed by atoms with E-state index >= 15 is 0 Å². The van der Waals surface area contributed by atoms with Crippen molar-refractivity contribution in [1.82, 2.24) is 24.8 Å². The zero-order valence-corrected chi connectivity index (χ0v) is 12.9. The summed E-state index contributed by atoms with van der Waals surface area (Å²) in [5, 5.41) is 13.5. The van der Waals surface area contributed by atoms with Crippen LogP contribution in [0.2, 0.25) is 0 Å². The molecule has 2 aliphatic heterocycles. The highest BCUT2D eigenvalue weighted by Gasteiger charge is 2.44. The van der Waals surface area contributed by atoms with E-state index in [0.717, 1.165) is 56.0 Å². The predicted octanol–water partition coefficient (Wildman–Crippen LogP) is 0.304. The highest BCUT2D eigenvalue weighted by Crippen LogP contribution is 2.38. The van der Waals surface area contributed by atoms with Gasteiger partial charge in [-0.05, 0) is 25.8 Å². The Morgan fingerprint density at radius 3 is 3.18 bits per heavy atom. The van der Waals surface area contributed by atoms with E-state index in [9.17, 15) is 5.11 Å². The van der Waals surface area contributed by atoms with Crippen molar-refractivity contribution in [3.63, 3.8) is 0 Å². The molecule has 4 heterocycles. The zero-order valence-electron chi connectivity index (χ0n) is 12.9. The monoisotopic (exact) mass is 302 g/mol. The van der Waals surface area contributed by atoms with Gasteiger partial charge in [0.25, 0.3) is 0 Å². The zero-order chi connectivity index (χ0) is 15.2. The highest BCUT2D eigenvalue weighted by molar-refractivity contribution is 5.70. The largest absolute Gasteiger partial charge is 0.396 e. The van der Waals surface area contributed by atoms with Crippen molar-refractivity contribution in [3.05, 3.63) is 12.5 Å². The molecule has 0 aliphatic carbocycles. The average molecular weight is 302 g/mol. The van der Waals surface area contributed by atoms with Gasteiger partial charge in [-0.1, -0.05) is 0 Å². The predicted molar refractivity (Wildman–Crippen MR) is 83.7 cm³/mol. The number of fused-ring (bicyclic) bond motifs is 2. The van der Waals surface area contributed by atoms with E-state index in [1.165, 1.54) is 0 Å². The lowest BCUT2D eigenvalue weighted by molar-refractivity contribution is 0.0336. The Kier molecular flexibility index (Phi) is 3.27. The van der Waals surface area contributed by atoms with E-state index in [1.54, 1.807) is 6.33 Å². The third-order valence-electron chi connectivity index (χ3n) is 5.33. The van der Waals surface area contributed by atoms with Crippen LogP contribution in [0.15, 0.2) is 12.5 Å². The number of aryl methyl sites for hydroxylation is 1. The highest BCUT2D eigenvalue weighted by atomic mass is 16.3. The molecule has 2 N–H and O–H groups in total. The molecule has 2 aliphatic rings. The van der Waals surface area contributed by atoms with Crippen LogP contribution in [0.5, 0.6) is 0 Å². The van der Waals surface area contributed by atoms with Gasteiger partial charge in [0, 0.05) is 31.6 Å². The summed E-state index contributed by atoms with van der Waals surface area (Å²) in [7, 11) is 1.95. The lowest BCUT2D eigenvalue weighted by Gasteiger charge is -2.50. The van der Waals surface area contributed by atoms with E-state index in [-0.39, 0.29) is 12.0 Å². The second-order valence-corrected chi connectivity index (χ2v) is 6.56. The number of nitrogens with zero attached hydrogens (tertiary/aromatic N) is 5. The maximum absolute atomic E-state index is 9.88. The van der Waals surface area contributed by atoms with E-state index in [0.29, 0.717) is 6.04 Å². The standard InChI is InChI=1S/C15H22N6O/c1-20-10-18-13-11(20)7-17-14(19-13)21-6-4-15(9-22)3-2-5-16-12(15)8-21/h7,10,12,16,22H,2-6,8-9H2,1H3/t12-,15-/m1/s1. The maximum atomic E-state index is 9.88. The second-order valence-electron chi connectivity index (χ2n) is 6.56. The number of hydrogen-bond donors (Lipinski definition) is 2. The number of rotatable bonds is 2.